The number of ether oxygens (including phenoxy) is 2. The minimum atomic E-state index is -0.757. The van der Waals surface area contributed by atoms with E-state index in [1.54, 1.807) is 7.11 Å². The molecule has 2 aliphatic rings. The predicted molar refractivity (Wildman–Crippen MR) is 93.1 cm³/mol. The van der Waals surface area contributed by atoms with Crippen LogP contribution < -0.4 is 5.32 Å². The quantitative estimate of drug-likeness (QED) is 0.632. The molecule has 2 saturated carbocycles. The lowest BCUT2D eigenvalue weighted by molar-refractivity contribution is -0.173. The predicted octanol–water partition coefficient (Wildman–Crippen LogP) is 3.82. The fourth-order valence-corrected chi connectivity index (χ4v) is 4.12. The maximum Gasteiger partial charge on any atom is 0.160 e. The van der Waals surface area contributed by atoms with E-state index in [-0.39, 0.29) is 12.1 Å². The van der Waals surface area contributed by atoms with Crippen LogP contribution in [0.2, 0.25) is 0 Å². The maximum absolute atomic E-state index is 10.2. The molecule has 2 aliphatic carbocycles. The molecule has 0 spiro atoms. The topological polar surface area (TPSA) is 50.7 Å². The minimum Gasteiger partial charge on any atom is -0.368 e. The highest BCUT2D eigenvalue weighted by molar-refractivity contribution is 4.77. The second-order valence-corrected chi connectivity index (χ2v) is 7.43. The van der Waals surface area contributed by atoms with Crippen molar-refractivity contribution in [3.8, 4) is 0 Å². The van der Waals surface area contributed by atoms with Crippen LogP contribution in [0.5, 0.6) is 0 Å². The molecule has 4 nitrogen and oxygen atoms in total. The second-order valence-electron chi connectivity index (χ2n) is 7.43. The smallest absolute Gasteiger partial charge is 0.160 e. The van der Waals surface area contributed by atoms with Crippen molar-refractivity contribution in [2.24, 2.45) is 11.8 Å². The second kappa shape index (κ2) is 10.7. The van der Waals surface area contributed by atoms with Crippen molar-refractivity contribution in [2.75, 3.05) is 13.7 Å². The monoisotopic (exact) mass is 327 g/mol. The van der Waals surface area contributed by atoms with Crippen molar-refractivity contribution in [2.45, 2.75) is 96.2 Å². The van der Waals surface area contributed by atoms with E-state index >= 15 is 0 Å². The summed E-state index contributed by atoms with van der Waals surface area (Å²) >= 11 is 0. The summed E-state index contributed by atoms with van der Waals surface area (Å²) in [6.07, 6.45) is 13.3. The van der Waals surface area contributed by atoms with Gasteiger partial charge in [0, 0.05) is 19.6 Å². The van der Waals surface area contributed by atoms with E-state index < -0.39 is 6.29 Å². The fraction of sp³-hybridized carbons (Fsp3) is 1.00. The molecular weight excluding hydrogens is 290 g/mol. The number of hydrogen-bond acceptors (Lipinski definition) is 4. The molecule has 0 radical (unpaired) electrons. The summed E-state index contributed by atoms with van der Waals surface area (Å²) in [5.41, 5.74) is 0. The molecule has 0 aliphatic heterocycles. The number of aliphatic hydroxyl groups is 1. The summed E-state index contributed by atoms with van der Waals surface area (Å²) in [6.45, 7) is 3.11. The van der Waals surface area contributed by atoms with Gasteiger partial charge in [0.25, 0.3) is 0 Å². The Bertz CT molecular complexity index is 301. The average molecular weight is 328 g/mol. The SMILES string of the molecule is CCC(C(O)OC)C(NCC1CCCCC1)OC1CCCCC1. The zero-order valence-electron chi connectivity index (χ0n) is 15.1. The summed E-state index contributed by atoms with van der Waals surface area (Å²) in [5, 5.41) is 13.9. The van der Waals surface area contributed by atoms with Crippen molar-refractivity contribution in [1.29, 1.82) is 0 Å². The molecule has 0 bridgehead atoms. The fourth-order valence-electron chi connectivity index (χ4n) is 4.12. The van der Waals surface area contributed by atoms with Gasteiger partial charge in [-0.25, -0.2) is 0 Å². The molecule has 0 aromatic carbocycles. The Hall–Kier alpha value is -0.160. The van der Waals surface area contributed by atoms with Gasteiger partial charge in [-0.2, -0.15) is 0 Å². The van der Waals surface area contributed by atoms with Gasteiger partial charge in [-0.15, -0.1) is 0 Å². The van der Waals surface area contributed by atoms with Gasteiger partial charge in [-0.3, -0.25) is 5.32 Å². The molecule has 2 rings (SSSR count). The van der Waals surface area contributed by atoms with E-state index in [0.29, 0.717) is 6.10 Å². The van der Waals surface area contributed by atoms with E-state index in [0.717, 1.165) is 31.7 Å². The number of aliphatic hydroxyl groups excluding tert-OH is 1. The standard InChI is InChI=1S/C19H37NO3/c1-3-17(19(21)22-2)18(23-16-12-8-5-9-13-16)20-14-15-10-6-4-7-11-15/h15-21H,3-14H2,1-2H3. The highest BCUT2D eigenvalue weighted by Crippen LogP contribution is 2.27. The number of nitrogens with one attached hydrogen (secondary N) is 1. The zero-order chi connectivity index (χ0) is 16.5. The van der Waals surface area contributed by atoms with Crippen LogP contribution in [0.15, 0.2) is 0 Å². The van der Waals surface area contributed by atoms with Crippen LogP contribution in [0.4, 0.5) is 0 Å². The molecule has 0 amide bonds. The maximum atomic E-state index is 10.2. The van der Waals surface area contributed by atoms with Crippen molar-refractivity contribution in [1.82, 2.24) is 5.32 Å². The van der Waals surface area contributed by atoms with Crippen molar-refractivity contribution < 1.29 is 14.6 Å². The van der Waals surface area contributed by atoms with Crippen molar-refractivity contribution in [3.05, 3.63) is 0 Å². The van der Waals surface area contributed by atoms with Gasteiger partial charge in [-0.1, -0.05) is 45.4 Å². The first-order valence-corrected chi connectivity index (χ1v) is 9.84. The van der Waals surface area contributed by atoms with Crippen molar-refractivity contribution in [3.63, 3.8) is 0 Å². The Morgan fingerprint density at radius 3 is 2.17 bits per heavy atom. The van der Waals surface area contributed by atoms with Crippen LogP contribution in [0.3, 0.4) is 0 Å². The van der Waals surface area contributed by atoms with Crippen LogP contribution in [-0.4, -0.2) is 37.4 Å². The summed E-state index contributed by atoms with van der Waals surface area (Å²) in [7, 11) is 1.58. The molecule has 0 aromatic heterocycles. The number of methoxy groups -OCH3 is 1. The first-order valence-electron chi connectivity index (χ1n) is 9.84. The molecule has 0 saturated heterocycles. The van der Waals surface area contributed by atoms with Crippen LogP contribution >= 0.6 is 0 Å². The van der Waals surface area contributed by atoms with Gasteiger partial charge in [0.1, 0.15) is 6.23 Å². The highest BCUT2D eigenvalue weighted by atomic mass is 16.6. The lowest BCUT2D eigenvalue weighted by Crippen LogP contribution is -2.48. The molecule has 2 N–H and O–H groups in total. The van der Waals surface area contributed by atoms with E-state index in [2.05, 4.69) is 12.2 Å². The number of rotatable bonds is 9. The number of hydrogen-bond donors (Lipinski definition) is 2. The minimum absolute atomic E-state index is 0.00878. The third-order valence-electron chi connectivity index (χ3n) is 5.69. The summed E-state index contributed by atoms with van der Waals surface area (Å²) in [5.74, 6) is 0.754. The molecule has 2 fully saturated rings. The van der Waals surface area contributed by atoms with E-state index in [4.69, 9.17) is 9.47 Å². The Balaban J connectivity index is 1.90. The van der Waals surface area contributed by atoms with Gasteiger partial charge in [0.2, 0.25) is 0 Å². The summed E-state index contributed by atoms with van der Waals surface area (Å²) in [6, 6.07) is 0. The lowest BCUT2D eigenvalue weighted by Gasteiger charge is -2.35. The normalized spacial score (nSPS) is 25.2. The van der Waals surface area contributed by atoms with Crippen LogP contribution in [-0.2, 0) is 9.47 Å². The summed E-state index contributed by atoms with van der Waals surface area (Å²) in [4.78, 5) is 0. The zero-order valence-corrected chi connectivity index (χ0v) is 15.1. The van der Waals surface area contributed by atoms with E-state index in [1.165, 1.54) is 51.4 Å². The van der Waals surface area contributed by atoms with Crippen LogP contribution in [0.1, 0.15) is 77.6 Å². The molecule has 23 heavy (non-hydrogen) atoms. The largest absolute Gasteiger partial charge is 0.368 e. The Morgan fingerprint density at radius 1 is 1.00 bits per heavy atom. The molecule has 0 heterocycles. The van der Waals surface area contributed by atoms with Gasteiger partial charge >= 0.3 is 0 Å². The van der Waals surface area contributed by atoms with E-state index in [9.17, 15) is 5.11 Å². The van der Waals surface area contributed by atoms with Crippen LogP contribution in [0, 0.1) is 11.8 Å². The summed E-state index contributed by atoms with van der Waals surface area (Å²) < 4.78 is 11.6. The molecule has 4 heteroatoms. The molecule has 3 atom stereocenters. The Kier molecular flexibility index (Phi) is 8.88. The average Bonchev–Trinajstić information content (AvgIpc) is 2.61. The van der Waals surface area contributed by atoms with Gasteiger partial charge in [0.05, 0.1) is 6.10 Å². The Labute approximate surface area is 142 Å². The molecule has 0 aromatic rings. The lowest BCUT2D eigenvalue weighted by atomic mass is 9.89. The highest BCUT2D eigenvalue weighted by Gasteiger charge is 2.31. The first-order chi connectivity index (χ1) is 11.2. The Morgan fingerprint density at radius 2 is 1.61 bits per heavy atom. The molecule has 3 unspecified atom stereocenters. The van der Waals surface area contributed by atoms with Gasteiger partial charge in [-0.05, 0) is 38.0 Å². The molecular formula is C19H37NO3. The first kappa shape index (κ1) is 19.2. The van der Waals surface area contributed by atoms with E-state index in [1.807, 2.05) is 0 Å². The third-order valence-corrected chi connectivity index (χ3v) is 5.69. The van der Waals surface area contributed by atoms with Crippen molar-refractivity contribution >= 4 is 0 Å². The molecule has 136 valence electrons. The third kappa shape index (κ3) is 6.33. The van der Waals surface area contributed by atoms with Crippen LogP contribution in [0.25, 0.3) is 0 Å². The van der Waals surface area contributed by atoms with Gasteiger partial charge < -0.3 is 14.6 Å². The van der Waals surface area contributed by atoms with Gasteiger partial charge in [0.15, 0.2) is 6.29 Å².